The molecule has 0 unspecified atom stereocenters. The normalized spacial score (nSPS) is 16.4. The van der Waals surface area contributed by atoms with E-state index >= 15 is 0 Å². The Morgan fingerprint density at radius 2 is 2.40 bits per heavy atom. The van der Waals surface area contributed by atoms with Gasteiger partial charge in [-0.1, -0.05) is 11.6 Å². The molecule has 0 bridgehead atoms. The number of nitrogens with zero attached hydrogens (tertiary/aromatic N) is 2. The zero-order valence-corrected chi connectivity index (χ0v) is 9.11. The topological polar surface area (TPSA) is 42.1 Å². The Morgan fingerprint density at radius 3 is 3.07 bits per heavy atom. The van der Waals surface area contributed by atoms with E-state index in [1.165, 1.54) is 5.57 Å². The second-order valence-corrected chi connectivity index (χ2v) is 3.97. The summed E-state index contributed by atoms with van der Waals surface area (Å²) in [6, 6.07) is 4.04. The molecule has 0 aliphatic carbocycles. The molecule has 2 rings (SSSR count). The molecular weight excluding hydrogens is 186 g/mol. The van der Waals surface area contributed by atoms with Crippen LogP contribution in [0, 0.1) is 0 Å². The molecule has 0 aromatic carbocycles. The fourth-order valence-corrected chi connectivity index (χ4v) is 1.74. The van der Waals surface area contributed by atoms with Crippen molar-refractivity contribution in [3.63, 3.8) is 0 Å². The standard InChI is InChI=1S/C12H17N3/c1-10-3-6-15(7-4-10)12-8-11(9-13)2-5-14-12/h2-3,5,8H,4,6-7,9,13H2,1H3. The van der Waals surface area contributed by atoms with Crippen LogP contribution in [0.2, 0.25) is 0 Å². The highest BCUT2D eigenvalue weighted by Gasteiger charge is 2.10. The van der Waals surface area contributed by atoms with Crippen LogP contribution in [-0.2, 0) is 6.54 Å². The lowest BCUT2D eigenvalue weighted by Crippen LogP contribution is -2.28. The molecule has 0 atom stereocenters. The number of hydrogen-bond donors (Lipinski definition) is 1. The van der Waals surface area contributed by atoms with Crippen LogP contribution < -0.4 is 10.6 Å². The van der Waals surface area contributed by atoms with Gasteiger partial charge in [-0.25, -0.2) is 4.98 Å². The number of pyridine rings is 1. The quantitative estimate of drug-likeness (QED) is 0.744. The van der Waals surface area contributed by atoms with E-state index in [0.29, 0.717) is 6.54 Å². The first-order valence-electron chi connectivity index (χ1n) is 5.35. The summed E-state index contributed by atoms with van der Waals surface area (Å²) in [5, 5.41) is 0. The average Bonchev–Trinajstić information content (AvgIpc) is 2.30. The van der Waals surface area contributed by atoms with E-state index in [2.05, 4.69) is 29.0 Å². The molecule has 1 aliphatic rings. The number of hydrogen-bond acceptors (Lipinski definition) is 3. The fraction of sp³-hybridized carbons (Fsp3) is 0.417. The minimum absolute atomic E-state index is 0.582. The third-order valence-corrected chi connectivity index (χ3v) is 2.81. The van der Waals surface area contributed by atoms with Crippen LogP contribution in [0.3, 0.4) is 0 Å². The molecule has 0 amide bonds. The van der Waals surface area contributed by atoms with Crippen LogP contribution in [0.25, 0.3) is 0 Å². The van der Waals surface area contributed by atoms with Crippen LogP contribution in [0.15, 0.2) is 30.0 Å². The van der Waals surface area contributed by atoms with Crippen molar-refractivity contribution in [1.82, 2.24) is 4.98 Å². The Bertz CT molecular complexity index is 371. The summed E-state index contributed by atoms with van der Waals surface area (Å²) in [6.07, 6.45) is 5.23. The smallest absolute Gasteiger partial charge is 0.129 e. The lowest BCUT2D eigenvalue weighted by atomic mass is 10.1. The lowest BCUT2D eigenvalue weighted by molar-refractivity contribution is 0.774. The Balaban J connectivity index is 2.16. The van der Waals surface area contributed by atoms with Gasteiger partial charge < -0.3 is 10.6 Å². The molecule has 80 valence electrons. The van der Waals surface area contributed by atoms with Crippen molar-refractivity contribution in [3.8, 4) is 0 Å². The molecule has 0 radical (unpaired) electrons. The largest absolute Gasteiger partial charge is 0.353 e. The summed E-state index contributed by atoms with van der Waals surface area (Å²) in [5.41, 5.74) is 8.23. The predicted molar refractivity (Wildman–Crippen MR) is 62.7 cm³/mol. The van der Waals surface area contributed by atoms with Crippen molar-refractivity contribution in [2.75, 3.05) is 18.0 Å². The molecule has 1 aromatic heterocycles. The third-order valence-electron chi connectivity index (χ3n) is 2.81. The van der Waals surface area contributed by atoms with Gasteiger partial charge in [0, 0.05) is 25.8 Å². The third kappa shape index (κ3) is 2.36. The number of rotatable bonds is 2. The minimum Gasteiger partial charge on any atom is -0.353 e. The van der Waals surface area contributed by atoms with E-state index in [-0.39, 0.29) is 0 Å². The van der Waals surface area contributed by atoms with Crippen molar-refractivity contribution in [1.29, 1.82) is 0 Å². The van der Waals surface area contributed by atoms with Crippen LogP contribution in [-0.4, -0.2) is 18.1 Å². The molecule has 0 fully saturated rings. The van der Waals surface area contributed by atoms with E-state index in [1.54, 1.807) is 0 Å². The van der Waals surface area contributed by atoms with Gasteiger partial charge in [-0.15, -0.1) is 0 Å². The lowest BCUT2D eigenvalue weighted by Gasteiger charge is -2.26. The van der Waals surface area contributed by atoms with Gasteiger partial charge in [0.1, 0.15) is 5.82 Å². The van der Waals surface area contributed by atoms with E-state index in [0.717, 1.165) is 30.9 Å². The number of nitrogens with two attached hydrogens (primary N) is 1. The molecular formula is C12H17N3. The van der Waals surface area contributed by atoms with Crippen molar-refractivity contribution >= 4 is 5.82 Å². The molecule has 0 saturated heterocycles. The average molecular weight is 203 g/mol. The van der Waals surface area contributed by atoms with Gasteiger partial charge in [0.2, 0.25) is 0 Å². The first-order valence-corrected chi connectivity index (χ1v) is 5.35. The molecule has 0 spiro atoms. The van der Waals surface area contributed by atoms with Crippen molar-refractivity contribution in [3.05, 3.63) is 35.5 Å². The number of anilines is 1. The van der Waals surface area contributed by atoms with E-state index in [9.17, 15) is 0 Å². The van der Waals surface area contributed by atoms with Gasteiger partial charge in [0.25, 0.3) is 0 Å². The summed E-state index contributed by atoms with van der Waals surface area (Å²) in [7, 11) is 0. The van der Waals surface area contributed by atoms with Crippen LogP contribution in [0.4, 0.5) is 5.82 Å². The molecule has 3 heteroatoms. The van der Waals surface area contributed by atoms with Crippen molar-refractivity contribution < 1.29 is 0 Å². The molecule has 2 heterocycles. The molecule has 1 aliphatic heterocycles. The van der Waals surface area contributed by atoms with E-state index in [4.69, 9.17) is 5.73 Å². The summed E-state index contributed by atoms with van der Waals surface area (Å²) in [6.45, 7) is 4.79. The van der Waals surface area contributed by atoms with Crippen molar-refractivity contribution in [2.24, 2.45) is 5.73 Å². The monoisotopic (exact) mass is 203 g/mol. The van der Waals surface area contributed by atoms with E-state index in [1.807, 2.05) is 12.3 Å². The highest BCUT2D eigenvalue weighted by Crippen LogP contribution is 2.17. The Kier molecular flexibility index (Phi) is 3.02. The zero-order chi connectivity index (χ0) is 10.7. The molecule has 2 N–H and O–H groups in total. The van der Waals surface area contributed by atoms with Gasteiger partial charge in [0.05, 0.1) is 0 Å². The first kappa shape index (κ1) is 10.2. The van der Waals surface area contributed by atoms with Gasteiger partial charge >= 0.3 is 0 Å². The SMILES string of the molecule is CC1=CCN(c2cc(CN)ccn2)CC1. The highest BCUT2D eigenvalue weighted by molar-refractivity contribution is 5.43. The second kappa shape index (κ2) is 4.45. The van der Waals surface area contributed by atoms with Crippen molar-refractivity contribution in [2.45, 2.75) is 19.9 Å². The van der Waals surface area contributed by atoms with Crippen LogP contribution >= 0.6 is 0 Å². The minimum atomic E-state index is 0.582. The predicted octanol–water partition coefficient (Wildman–Crippen LogP) is 1.70. The molecule has 3 nitrogen and oxygen atoms in total. The maximum Gasteiger partial charge on any atom is 0.129 e. The summed E-state index contributed by atoms with van der Waals surface area (Å²) >= 11 is 0. The van der Waals surface area contributed by atoms with Crippen LogP contribution in [0.5, 0.6) is 0 Å². The number of aromatic nitrogens is 1. The molecule has 15 heavy (non-hydrogen) atoms. The Labute approximate surface area is 90.6 Å². The molecule has 1 aromatic rings. The summed E-state index contributed by atoms with van der Waals surface area (Å²) in [5.74, 6) is 1.04. The Morgan fingerprint density at radius 1 is 1.53 bits per heavy atom. The molecule has 0 saturated carbocycles. The first-order chi connectivity index (χ1) is 7.29. The Hall–Kier alpha value is -1.35. The zero-order valence-electron chi connectivity index (χ0n) is 9.11. The maximum atomic E-state index is 5.61. The van der Waals surface area contributed by atoms with Crippen LogP contribution in [0.1, 0.15) is 18.9 Å². The van der Waals surface area contributed by atoms with Gasteiger partial charge in [-0.05, 0) is 31.0 Å². The van der Waals surface area contributed by atoms with Gasteiger partial charge in [-0.2, -0.15) is 0 Å². The van der Waals surface area contributed by atoms with E-state index < -0.39 is 0 Å². The fourth-order valence-electron chi connectivity index (χ4n) is 1.74. The highest BCUT2D eigenvalue weighted by atomic mass is 15.2. The summed E-state index contributed by atoms with van der Waals surface area (Å²) < 4.78 is 0. The summed E-state index contributed by atoms with van der Waals surface area (Å²) in [4.78, 5) is 6.66. The maximum absolute atomic E-state index is 5.61. The van der Waals surface area contributed by atoms with Gasteiger partial charge in [-0.3, -0.25) is 0 Å². The second-order valence-electron chi connectivity index (χ2n) is 3.97. The van der Waals surface area contributed by atoms with Gasteiger partial charge in [0.15, 0.2) is 0 Å².